The number of hydrogen-bond acceptors (Lipinski definition) is 6. The standard InChI is InChI=1S/C13H17N5O2/c1-2-9-20-13(19)10-3-5-11(6-4-10)18-12(7-8-14)15-16-17-18/h3-6H,2,7-9,14H2,1H3. The van der Waals surface area contributed by atoms with Crippen LogP contribution in [0.1, 0.15) is 29.5 Å². The van der Waals surface area contributed by atoms with Crippen molar-refractivity contribution in [2.24, 2.45) is 5.73 Å². The first kappa shape index (κ1) is 14.1. The minimum absolute atomic E-state index is 0.322. The fourth-order valence-corrected chi connectivity index (χ4v) is 1.71. The van der Waals surface area contributed by atoms with Crippen molar-refractivity contribution < 1.29 is 9.53 Å². The number of carbonyl (C=O) groups is 1. The molecule has 0 aliphatic carbocycles. The summed E-state index contributed by atoms with van der Waals surface area (Å²) in [5.74, 6) is 0.367. The highest BCUT2D eigenvalue weighted by Crippen LogP contribution is 2.11. The molecule has 0 bridgehead atoms. The fourth-order valence-electron chi connectivity index (χ4n) is 1.71. The zero-order valence-electron chi connectivity index (χ0n) is 11.3. The van der Waals surface area contributed by atoms with Gasteiger partial charge in [0.2, 0.25) is 0 Å². The maximum atomic E-state index is 11.7. The van der Waals surface area contributed by atoms with Gasteiger partial charge in [-0.05, 0) is 47.7 Å². The summed E-state index contributed by atoms with van der Waals surface area (Å²) in [6, 6.07) is 6.94. The lowest BCUT2D eigenvalue weighted by Gasteiger charge is -2.06. The van der Waals surface area contributed by atoms with Gasteiger partial charge in [0.05, 0.1) is 17.9 Å². The van der Waals surface area contributed by atoms with E-state index >= 15 is 0 Å². The number of tetrazole rings is 1. The van der Waals surface area contributed by atoms with Crippen LogP contribution in [0.4, 0.5) is 0 Å². The Kier molecular flexibility index (Phi) is 4.78. The van der Waals surface area contributed by atoms with E-state index < -0.39 is 0 Å². The summed E-state index contributed by atoms with van der Waals surface area (Å²) in [5.41, 5.74) is 6.80. The zero-order valence-corrected chi connectivity index (χ0v) is 11.3. The predicted molar refractivity (Wildman–Crippen MR) is 72.5 cm³/mol. The quantitative estimate of drug-likeness (QED) is 0.781. The van der Waals surface area contributed by atoms with Crippen LogP contribution in [0.5, 0.6) is 0 Å². The number of ether oxygens (including phenoxy) is 1. The molecular weight excluding hydrogens is 258 g/mol. The summed E-state index contributed by atoms with van der Waals surface area (Å²) in [5, 5.41) is 11.5. The Morgan fingerprint density at radius 1 is 1.35 bits per heavy atom. The van der Waals surface area contributed by atoms with Gasteiger partial charge < -0.3 is 10.5 Å². The number of nitrogens with zero attached hydrogens (tertiary/aromatic N) is 4. The smallest absolute Gasteiger partial charge is 0.338 e. The second-order valence-electron chi connectivity index (χ2n) is 4.23. The van der Waals surface area contributed by atoms with Crippen LogP contribution in [-0.4, -0.2) is 39.3 Å². The molecule has 1 aromatic heterocycles. The molecule has 7 nitrogen and oxygen atoms in total. The predicted octanol–water partition coefficient (Wildman–Crippen LogP) is 0.730. The molecule has 0 saturated carbocycles. The van der Waals surface area contributed by atoms with Crippen molar-refractivity contribution in [1.82, 2.24) is 20.2 Å². The van der Waals surface area contributed by atoms with Crippen LogP contribution in [0.15, 0.2) is 24.3 Å². The highest BCUT2D eigenvalue weighted by atomic mass is 16.5. The summed E-state index contributed by atoms with van der Waals surface area (Å²) in [6.45, 7) is 2.85. The SMILES string of the molecule is CCCOC(=O)c1ccc(-n2nnnc2CCN)cc1. The van der Waals surface area contributed by atoms with E-state index in [-0.39, 0.29) is 5.97 Å². The second-order valence-corrected chi connectivity index (χ2v) is 4.23. The molecule has 1 heterocycles. The Balaban J connectivity index is 2.15. The molecule has 0 amide bonds. The lowest BCUT2D eigenvalue weighted by molar-refractivity contribution is 0.0505. The molecule has 0 radical (unpaired) electrons. The molecule has 0 spiro atoms. The van der Waals surface area contributed by atoms with E-state index in [1.807, 2.05) is 6.92 Å². The molecule has 1 aromatic carbocycles. The van der Waals surface area contributed by atoms with Gasteiger partial charge >= 0.3 is 5.97 Å². The highest BCUT2D eigenvalue weighted by Gasteiger charge is 2.10. The van der Waals surface area contributed by atoms with Gasteiger partial charge in [-0.25, -0.2) is 4.79 Å². The number of benzene rings is 1. The Morgan fingerprint density at radius 2 is 2.10 bits per heavy atom. The monoisotopic (exact) mass is 275 g/mol. The lowest BCUT2D eigenvalue weighted by atomic mass is 10.2. The number of esters is 1. The van der Waals surface area contributed by atoms with Gasteiger partial charge in [0, 0.05) is 6.42 Å². The van der Waals surface area contributed by atoms with E-state index in [1.54, 1.807) is 28.9 Å². The Bertz CT molecular complexity index is 564. The molecule has 0 atom stereocenters. The van der Waals surface area contributed by atoms with E-state index in [2.05, 4.69) is 15.5 Å². The van der Waals surface area contributed by atoms with Crippen molar-refractivity contribution in [1.29, 1.82) is 0 Å². The number of carbonyl (C=O) groups excluding carboxylic acids is 1. The number of aromatic nitrogens is 4. The molecule has 2 aromatic rings. The van der Waals surface area contributed by atoms with Gasteiger partial charge in [0.1, 0.15) is 0 Å². The normalized spacial score (nSPS) is 10.5. The van der Waals surface area contributed by atoms with Crippen LogP contribution in [0.25, 0.3) is 5.69 Å². The Morgan fingerprint density at radius 3 is 2.75 bits per heavy atom. The first-order valence-corrected chi connectivity index (χ1v) is 6.51. The summed E-state index contributed by atoms with van der Waals surface area (Å²) in [4.78, 5) is 11.7. The van der Waals surface area contributed by atoms with Gasteiger partial charge in [-0.15, -0.1) is 5.10 Å². The van der Waals surface area contributed by atoms with Crippen molar-refractivity contribution in [2.45, 2.75) is 19.8 Å². The fraction of sp³-hybridized carbons (Fsp3) is 0.385. The highest BCUT2D eigenvalue weighted by molar-refractivity contribution is 5.89. The van der Waals surface area contributed by atoms with Crippen molar-refractivity contribution in [3.63, 3.8) is 0 Å². The van der Waals surface area contributed by atoms with Gasteiger partial charge in [0.15, 0.2) is 5.82 Å². The van der Waals surface area contributed by atoms with Crippen LogP contribution >= 0.6 is 0 Å². The molecule has 7 heteroatoms. The molecule has 20 heavy (non-hydrogen) atoms. The lowest BCUT2D eigenvalue weighted by Crippen LogP contribution is -2.10. The average molecular weight is 275 g/mol. The molecule has 0 aliphatic rings. The maximum Gasteiger partial charge on any atom is 0.338 e. The first-order chi connectivity index (χ1) is 9.76. The third-order valence-corrected chi connectivity index (χ3v) is 2.69. The number of hydrogen-bond donors (Lipinski definition) is 1. The minimum atomic E-state index is -0.322. The molecular formula is C13H17N5O2. The second kappa shape index (κ2) is 6.76. The summed E-state index contributed by atoms with van der Waals surface area (Å²) in [6.07, 6.45) is 1.39. The van der Waals surface area contributed by atoms with Crippen LogP contribution < -0.4 is 5.73 Å². The third-order valence-electron chi connectivity index (χ3n) is 2.69. The molecule has 0 aliphatic heterocycles. The first-order valence-electron chi connectivity index (χ1n) is 6.51. The van der Waals surface area contributed by atoms with E-state index in [9.17, 15) is 4.79 Å². The van der Waals surface area contributed by atoms with E-state index in [0.717, 1.165) is 12.1 Å². The zero-order chi connectivity index (χ0) is 14.4. The topological polar surface area (TPSA) is 95.9 Å². The van der Waals surface area contributed by atoms with Crippen LogP contribution in [0.3, 0.4) is 0 Å². The molecule has 0 unspecified atom stereocenters. The molecule has 106 valence electrons. The van der Waals surface area contributed by atoms with Gasteiger partial charge in [-0.2, -0.15) is 4.68 Å². The Hall–Kier alpha value is -2.28. The largest absolute Gasteiger partial charge is 0.462 e. The van der Waals surface area contributed by atoms with Crippen LogP contribution in [-0.2, 0) is 11.2 Å². The molecule has 0 fully saturated rings. The summed E-state index contributed by atoms with van der Waals surface area (Å²) >= 11 is 0. The number of rotatable bonds is 6. The van der Waals surface area contributed by atoms with Crippen molar-refractivity contribution in [3.8, 4) is 5.69 Å². The minimum Gasteiger partial charge on any atom is -0.462 e. The van der Waals surface area contributed by atoms with Gasteiger partial charge in [-0.1, -0.05) is 6.92 Å². The molecule has 2 rings (SSSR count). The summed E-state index contributed by atoms with van der Waals surface area (Å²) < 4.78 is 6.67. The third kappa shape index (κ3) is 3.18. The van der Waals surface area contributed by atoms with E-state index in [1.165, 1.54) is 0 Å². The van der Waals surface area contributed by atoms with Crippen molar-refractivity contribution >= 4 is 5.97 Å². The van der Waals surface area contributed by atoms with Gasteiger partial charge in [-0.3, -0.25) is 0 Å². The maximum absolute atomic E-state index is 11.7. The van der Waals surface area contributed by atoms with E-state index in [0.29, 0.717) is 31.0 Å². The molecule has 2 N–H and O–H groups in total. The van der Waals surface area contributed by atoms with Crippen molar-refractivity contribution in [3.05, 3.63) is 35.7 Å². The molecule has 0 saturated heterocycles. The van der Waals surface area contributed by atoms with Gasteiger partial charge in [0.25, 0.3) is 0 Å². The van der Waals surface area contributed by atoms with Crippen LogP contribution in [0.2, 0.25) is 0 Å². The Labute approximate surface area is 116 Å². The number of nitrogens with two attached hydrogens (primary N) is 1. The van der Waals surface area contributed by atoms with Crippen molar-refractivity contribution in [2.75, 3.05) is 13.2 Å². The summed E-state index contributed by atoms with van der Waals surface area (Å²) in [7, 11) is 0. The van der Waals surface area contributed by atoms with E-state index in [4.69, 9.17) is 10.5 Å². The van der Waals surface area contributed by atoms with Crippen LogP contribution in [0, 0.1) is 0 Å². The average Bonchev–Trinajstić information content (AvgIpc) is 2.93.